The predicted molar refractivity (Wildman–Crippen MR) is 128 cm³/mol. The van der Waals surface area contributed by atoms with E-state index in [1.54, 1.807) is 13.8 Å². The Morgan fingerprint density at radius 2 is 1.69 bits per heavy atom. The number of hydrogen-bond acceptors (Lipinski definition) is 8. The van der Waals surface area contributed by atoms with Crippen molar-refractivity contribution in [1.29, 1.82) is 0 Å². The maximum absolute atomic E-state index is 13.2. The van der Waals surface area contributed by atoms with Crippen LogP contribution in [-0.4, -0.2) is 80.6 Å². The van der Waals surface area contributed by atoms with Crippen LogP contribution in [0.5, 0.6) is 0 Å². The molecule has 0 aliphatic carbocycles. The largest absolute Gasteiger partial charge is 0.481 e. The Kier molecular flexibility index (Phi) is 13.1. The zero-order chi connectivity index (χ0) is 27.3. The third-order valence-electron chi connectivity index (χ3n) is 5.70. The summed E-state index contributed by atoms with van der Waals surface area (Å²) in [7, 11) is 0. The third-order valence-corrected chi connectivity index (χ3v) is 5.70. The van der Waals surface area contributed by atoms with Crippen molar-refractivity contribution in [2.45, 2.75) is 76.5 Å². The number of carboxylic acid groups (broad SMARTS) is 2. The Morgan fingerprint density at radius 1 is 1.03 bits per heavy atom. The highest BCUT2D eigenvalue weighted by atomic mass is 16.4. The Labute approximate surface area is 209 Å². The number of nitrogens with zero attached hydrogens (tertiary/aromatic N) is 1. The van der Waals surface area contributed by atoms with Crippen LogP contribution < -0.4 is 27.4 Å². The number of carboxylic acids is 2. The van der Waals surface area contributed by atoms with E-state index < -0.39 is 66.2 Å². The van der Waals surface area contributed by atoms with Crippen LogP contribution in [0.3, 0.4) is 0 Å². The highest BCUT2D eigenvalue weighted by Crippen LogP contribution is 2.11. The number of carbonyl (C=O) groups excluding carboxylic acids is 3. The fraction of sp³-hybridized carbons (Fsp3) is 0.636. The van der Waals surface area contributed by atoms with Gasteiger partial charge in [0.1, 0.15) is 18.1 Å². The normalized spacial score (nSPS) is 15.1. The standard InChI is InChI=1S/C22H37N7O7/c1-3-12(2)18(21(34)28-16(22(35)36)9-17(30)31)29-20(33)15(8-13-10-25-11-26-13)27-19(32)14(24)6-4-5-7-23/h10-12,14-16,18H,3-9,23-24H2,1-2H3,(H,25,26)(H,27,32)(H,28,34)(H,29,33)(H,30,31)(H,35,36). The number of imidazole rings is 1. The highest BCUT2D eigenvalue weighted by Gasteiger charge is 2.33. The number of amides is 3. The first-order chi connectivity index (χ1) is 17.0. The van der Waals surface area contributed by atoms with E-state index in [-0.39, 0.29) is 6.42 Å². The summed E-state index contributed by atoms with van der Waals surface area (Å²) in [6, 6.07) is -4.84. The Balaban J connectivity index is 3.04. The molecule has 0 spiro atoms. The van der Waals surface area contributed by atoms with Gasteiger partial charge in [-0.3, -0.25) is 19.2 Å². The van der Waals surface area contributed by atoms with Gasteiger partial charge in [0.15, 0.2) is 0 Å². The SMILES string of the molecule is CCC(C)C(NC(=O)C(Cc1cnc[nH]1)NC(=O)C(N)CCCCN)C(=O)NC(CC(=O)O)C(=O)O. The number of nitrogens with one attached hydrogen (secondary N) is 4. The van der Waals surface area contributed by atoms with Crippen LogP contribution in [-0.2, 0) is 30.4 Å². The number of hydrogen-bond donors (Lipinski definition) is 8. The molecule has 0 aliphatic heterocycles. The molecule has 5 unspecified atom stereocenters. The molecule has 1 heterocycles. The number of nitrogens with two attached hydrogens (primary N) is 2. The van der Waals surface area contributed by atoms with Crippen molar-refractivity contribution in [3.05, 3.63) is 18.2 Å². The number of carbonyl (C=O) groups is 5. The number of H-pyrrole nitrogens is 1. The number of unbranched alkanes of at least 4 members (excludes halogenated alkanes) is 1. The van der Waals surface area contributed by atoms with Gasteiger partial charge in [-0.1, -0.05) is 26.7 Å². The van der Waals surface area contributed by atoms with Gasteiger partial charge in [0, 0.05) is 18.3 Å². The van der Waals surface area contributed by atoms with Crippen LogP contribution in [0.1, 0.15) is 51.6 Å². The van der Waals surface area contributed by atoms with Crippen LogP contribution in [0.15, 0.2) is 12.5 Å². The molecule has 0 aromatic carbocycles. The van der Waals surface area contributed by atoms with Crippen LogP contribution in [0, 0.1) is 5.92 Å². The summed E-state index contributed by atoms with van der Waals surface area (Å²) in [5.41, 5.74) is 12.0. The van der Waals surface area contributed by atoms with E-state index in [1.165, 1.54) is 12.5 Å². The minimum Gasteiger partial charge on any atom is -0.481 e. The summed E-state index contributed by atoms with van der Waals surface area (Å²) in [4.78, 5) is 67.8. The van der Waals surface area contributed by atoms with Crippen LogP contribution in [0.2, 0.25) is 0 Å². The second-order valence-electron chi connectivity index (χ2n) is 8.60. The van der Waals surface area contributed by atoms with Crippen molar-refractivity contribution in [3.8, 4) is 0 Å². The second-order valence-corrected chi connectivity index (χ2v) is 8.60. The zero-order valence-corrected chi connectivity index (χ0v) is 20.5. The molecule has 3 amide bonds. The van der Waals surface area contributed by atoms with Gasteiger partial charge in [0.05, 0.1) is 18.8 Å². The summed E-state index contributed by atoms with van der Waals surface area (Å²) < 4.78 is 0. The molecular weight excluding hydrogens is 474 g/mol. The molecule has 10 N–H and O–H groups in total. The van der Waals surface area contributed by atoms with E-state index >= 15 is 0 Å². The lowest BCUT2D eigenvalue weighted by molar-refractivity contribution is -0.147. The monoisotopic (exact) mass is 511 g/mol. The molecule has 0 fully saturated rings. The lowest BCUT2D eigenvalue weighted by atomic mass is 9.97. The molecule has 0 radical (unpaired) electrons. The first-order valence-corrected chi connectivity index (χ1v) is 11.8. The average molecular weight is 512 g/mol. The van der Waals surface area contributed by atoms with Crippen molar-refractivity contribution in [3.63, 3.8) is 0 Å². The predicted octanol–water partition coefficient (Wildman–Crippen LogP) is -1.53. The van der Waals surface area contributed by atoms with E-state index in [0.717, 1.165) is 0 Å². The van der Waals surface area contributed by atoms with E-state index in [1.807, 2.05) is 0 Å². The lowest BCUT2D eigenvalue weighted by Gasteiger charge is -2.28. The van der Waals surface area contributed by atoms with Gasteiger partial charge in [-0.2, -0.15) is 0 Å². The highest BCUT2D eigenvalue weighted by molar-refractivity contribution is 5.94. The molecule has 202 valence electrons. The molecule has 1 aromatic heterocycles. The molecule has 0 bridgehead atoms. The zero-order valence-electron chi connectivity index (χ0n) is 20.5. The van der Waals surface area contributed by atoms with E-state index in [2.05, 4.69) is 25.9 Å². The molecule has 1 aromatic rings. The lowest BCUT2D eigenvalue weighted by Crippen LogP contribution is -2.59. The van der Waals surface area contributed by atoms with Crippen molar-refractivity contribution >= 4 is 29.7 Å². The molecule has 14 nitrogen and oxygen atoms in total. The molecule has 0 saturated heterocycles. The van der Waals surface area contributed by atoms with Gasteiger partial charge in [-0.25, -0.2) is 9.78 Å². The van der Waals surface area contributed by atoms with Crippen LogP contribution >= 0.6 is 0 Å². The van der Waals surface area contributed by atoms with Gasteiger partial charge in [0.25, 0.3) is 0 Å². The minimum atomic E-state index is -1.68. The number of aromatic amines is 1. The Morgan fingerprint density at radius 3 is 2.22 bits per heavy atom. The van der Waals surface area contributed by atoms with Gasteiger partial charge < -0.3 is 42.6 Å². The topological polar surface area (TPSA) is 243 Å². The van der Waals surface area contributed by atoms with Crippen molar-refractivity contribution in [1.82, 2.24) is 25.9 Å². The average Bonchev–Trinajstić information content (AvgIpc) is 3.33. The Hall–Kier alpha value is -3.52. The number of aromatic nitrogens is 2. The molecule has 36 heavy (non-hydrogen) atoms. The minimum absolute atomic E-state index is 0.0265. The Bertz CT molecular complexity index is 878. The van der Waals surface area contributed by atoms with Crippen molar-refractivity contribution in [2.75, 3.05) is 6.54 Å². The summed E-state index contributed by atoms with van der Waals surface area (Å²) in [5, 5.41) is 25.5. The maximum Gasteiger partial charge on any atom is 0.326 e. The summed E-state index contributed by atoms with van der Waals surface area (Å²) in [6.45, 7) is 3.91. The fourth-order valence-corrected chi connectivity index (χ4v) is 3.34. The molecule has 0 aliphatic rings. The van der Waals surface area contributed by atoms with E-state index in [4.69, 9.17) is 16.6 Å². The van der Waals surface area contributed by atoms with Crippen LogP contribution in [0.4, 0.5) is 0 Å². The number of aliphatic carboxylic acids is 2. The van der Waals surface area contributed by atoms with Crippen molar-refractivity contribution < 1.29 is 34.2 Å². The first kappa shape index (κ1) is 30.5. The number of rotatable bonds is 17. The van der Waals surface area contributed by atoms with E-state index in [9.17, 15) is 29.1 Å². The molecule has 14 heteroatoms. The molecule has 1 rings (SSSR count). The summed E-state index contributed by atoms with van der Waals surface area (Å²) >= 11 is 0. The summed E-state index contributed by atoms with van der Waals surface area (Å²) in [6.07, 6.45) is 4.24. The quantitative estimate of drug-likeness (QED) is 0.112. The first-order valence-electron chi connectivity index (χ1n) is 11.8. The van der Waals surface area contributed by atoms with Gasteiger partial charge in [-0.15, -0.1) is 0 Å². The molecule has 0 saturated carbocycles. The van der Waals surface area contributed by atoms with Crippen LogP contribution in [0.25, 0.3) is 0 Å². The van der Waals surface area contributed by atoms with Gasteiger partial charge >= 0.3 is 11.9 Å². The molecule has 5 atom stereocenters. The van der Waals surface area contributed by atoms with Gasteiger partial charge in [-0.05, 0) is 25.3 Å². The fourth-order valence-electron chi connectivity index (χ4n) is 3.34. The third kappa shape index (κ3) is 10.4. The smallest absolute Gasteiger partial charge is 0.326 e. The van der Waals surface area contributed by atoms with E-state index in [0.29, 0.717) is 37.9 Å². The summed E-state index contributed by atoms with van der Waals surface area (Å²) in [5.74, 6) is -5.46. The van der Waals surface area contributed by atoms with Crippen molar-refractivity contribution in [2.24, 2.45) is 17.4 Å². The maximum atomic E-state index is 13.2. The molecular formula is C22H37N7O7. The van der Waals surface area contributed by atoms with Gasteiger partial charge in [0.2, 0.25) is 17.7 Å². The second kappa shape index (κ2) is 15.5.